The van der Waals surface area contributed by atoms with Gasteiger partial charge in [0.05, 0.1) is 16.7 Å². The van der Waals surface area contributed by atoms with Crippen molar-refractivity contribution < 1.29 is 4.79 Å². The molecule has 2 heterocycles. The fourth-order valence-corrected chi connectivity index (χ4v) is 3.93. The first kappa shape index (κ1) is 13.8. The number of rotatable bonds is 3. The van der Waals surface area contributed by atoms with Crippen LogP contribution in [0.1, 0.15) is 19.5 Å². The molecule has 0 spiro atoms. The van der Waals surface area contributed by atoms with Gasteiger partial charge < -0.3 is 10.6 Å². The Bertz CT molecular complexity index is 738. The number of para-hydroxylation sites is 1. The van der Waals surface area contributed by atoms with E-state index >= 15 is 0 Å². The Kier molecular flexibility index (Phi) is 2.85. The van der Waals surface area contributed by atoms with E-state index in [9.17, 15) is 4.79 Å². The Balaban J connectivity index is 1.61. The summed E-state index contributed by atoms with van der Waals surface area (Å²) in [5.74, 6) is 1.44. The molecule has 1 saturated heterocycles. The third kappa shape index (κ3) is 1.96. The van der Waals surface area contributed by atoms with Crippen molar-refractivity contribution in [2.24, 2.45) is 24.8 Å². The standard InChI is InChI=1S/C17H22N4O/c1-17(2,19-16(22)14-11-8-18-9-12(11)14)15-10-6-4-5-7-13(10)21(3)20-15/h4-7,11-12,14,18H,8-9H2,1-3H3,(H,19,22)/t11-,12?,14?/m0/s1. The Morgan fingerprint density at radius 3 is 2.73 bits per heavy atom. The molecule has 0 bridgehead atoms. The second-order valence-electron chi connectivity index (χ2n) is 7.12. The van der Waals surface area contributed by atoms with Gasteiger partial charge in [0, 0.05) is 18.4 Å². The van der Waals surface area contributed by atoms with Crippen LogP contribution in [-0.4, -0.2) is 28.8 Å². The minimum Gasteiger partial charge on any atom is -0.345 e. The molecule has 116 valence electrons. The Hall–Kier alpha value is -1.88. The molecule has 1 aromatic carbocycles. The molecular weight excluding hydrogens is 276 g/mol. The number of carbonyl (C=O) groups is 1. The molecule has 5 heteroatoms. The highest BCUT2D eigenvalue weighted by Gasteiger charge is 2.57. The lowest BCUT2D eigenvalue weighted by Gasteiger charge is -2.25. The molecule has 2 unspecified atom stereocenters. The molecule has 0 radical (unpaired) electrons. The van der Waals surface area contributed by atoms with Gasteiger partial charge in [-0.25, -0.2) is 0 Å². The van der Waals surface area contributed by atoms with Crippen molar-refractivity contribution >= 4 is 16.8 Å². The largest absolute Gasteiger partial charge is 0.345 e. The molecule has 1 aliphatic carbocycles. The minimum absolute atomic E-state index is 0.177. The molecule has 1 saturated carbocycles. The van der Waals surface area contributed by atoms with E-state index in [1.165, 1.54) is 0 Å². The number of aryl methyl sites for hydroxylation is 1. The number of hydrogen-bond donors (Lipinski definition) is 2. The monoisotopic (exact) mass is 298 g/mol. The van der Waals surface area contributed by atoms with Crippen LogP contribution in [0, 0.1) is 17.8 Å². The highest BCUT2D eigenvalue weighted by Crippen LogP contribution is 2.49. The summed E-state index contributed by atoms with van der Waals surface area (Å²) in [5, 5.41) is 12.3. The van der Waals surface area contributed by atoms with Crippen LogP contribution in [0.15, 0.2) is 24.3 Å². The fourth-order valence-electron chi connectivity index (χ4n) is 3.93. The summed E-state index contributed by atoms with van der Waals surface area (Å²) in [6.45, 7) is 6.04. The van der Waals surface area contributed by atoms with E-state index in [1.807, 2.05) is 37.7 Å². The Morgan fingerprint density at radius 2 is 2.00 bits per heavy atom. The van der Waals surface area contributed by atoms with Gasteiger partial charge >= 0.3 is 0 Å². The quantitative estimate of drug-likeness (QED) is 0.900. The molecule has 4 rings (SSSR count). The maximum atomic E-state index is 12.6. The van der Waals surface area contributed by atoms with Gasteiger partial charge in [-0.2, -0.15) is 5.10 Å². The normalized spacial score (nSPS) is 27.0. The van der Waals surface area contributed by atoms with E-state index in [2.05, 4.69) is 27.9 Å². The average molecular weight is 298 g/mol. The summed E-state index contributed by atoms with van der Waals surface area (Å²) >= 11 is 0. The SMILES string of the molecule is Cn1nc(C(C)(C)NC(=O)C2C3CNC[C@@H]32)c2ccccc21. The molecule has 2 aliphatic rings. The van der Waals surface area contributed by atoms with Crippen molar-refractivity contribution in [2.45, 2.75) is 19.4 Å². The van der Waals surface area contributed by atoms with Crippen molar-refractivity contribution in [1.82, 2.24) is 20.4 Å². The van der Waals surface area contributed by atoms with Crippen molar-refractivity contribution in [3.63, 3.8) is 0 Å². The van der Waals surface area contributed by atoms with Gasteiger partial charge in [-0.05, 0) is 44.8 Å². The fraction of sp³-hybridized carbons (Fsp3) is 0.529. The van der Waals surface area contributed by atoms with Gasteiger partial charge in [0.1, 0.15) is 0 Å². The minimum atomic E-state index is -0.470. The summed E-state index contributed by atoms with van der Waals surface area (Å²) < 4.78 is 1.88. The molecule has 2 fully saturated rings. The van der Waals surface area contributed by atoms with Crippen LogP contribution in [0.3, 0.4) is 0 Å². The molecule has 1 aliphatic heterocycles. The van der Waals surface area contributed by atoms with Gasteiger partial charge in [-0.1, -0.05) is 18.2 Å². The second-order valence-corrected chi connectivity index (χ2v) is 7.12. The van der Waals surface area contributed by atoms with Gasteiger partial charge in [0.2, 0.25) is 5.91 Å². The summed E-state index contributed by atoms with van der Waals surface area (Å²) in [4.78, 5) is 12.6. The van der Waals surface area contributed by atoms with Gasteiger partial charge in [-0.15, -0.1) is 0 Å². The zero-order valence-electron chi connectivity index (χ0n) is 13.3. The smallest absolute Gasteiger partial charge is 0.224 e. The first-order valence-electron chi connectivity index (χ1n) is 7.94. The summed E-state index contributed by atoms with van der Waals surface area (Å²) in [6.07, 6.45) is 0. The zero-order chi connectivity index (χ0) is 15.5. The second kappa shape index (κ2) is 4.56. The molecule has 1 amide bonds. The maximum Gasteiger partial charge on any atom is 0.224 e. The first-order chi connectivity index (χ1) is 10.5. The van der Waals surface area contributed by atoms with Crippen LogP contribution in [-0.2, 0) is 17.4 Å². The number of benzene rings is 1. The predicted molar refractivity (Wildman–Crippen MR) is 85.2 cm³/mol. The lowest BCUT2D eigenvalue weighted by atomic mass is 9.96. The van der Waals surface area contributed by atoms with Crippen molar-refractivity contribution in [3.05, 3.63) is 30.0 Å². The highest BCUT2D eigenvalue weighted by molar-refractivity contribution is 5.86. The molecule has 3 atom stereocenters. The first-order valence-corrected chi connectivity index (χ1v) is 7.94. The van der Waals surface area contributed by atoms with Gasteiger partial charge in [0.25, 0.3) is 0 Å². The number of aromatic nitrogens is 2. The number of carbonyl (C=O) groups excluding carboxylic acids is 1. The summed E-state index contributed by atoms with van der Waals surface area (Å²) in [5.41, 5.74) is 1.55. The van der Waals surface area contributed by atoms with E-state index in [-0.39, 0.29) is 11.8 Å². The third-order valence-electron chi connectivity index (χ3n) is 5.18. The topological polar surface area (TPSA) is 59.0 Å². The molecule has 22 heavy (non-hydrogen) atoms. The summed E-state index contributed by atoms with van der Waals surface area (Å²) in [7, 11) is 1.95. The number of amides is 1. The number of nitrogens with one attached hydrogen (secondary N) is 2. The Labute approximate surface area is 130 Å². The summed E-state index contributed by atoms with van der Waals surface area (Å²) in [6, 6.07) is 8.15. The highest BCUT2D eigenvalue weighted by atomic mass is 16.2. The van der Waals surface area contributed by atoms with Crippen LogP contribution in [0.2, 0.25) is 0 Å². The predicted octanol–water partition coefficient (Wildman–Crippen LogP) is 1.39. The van der Waals surface area contributed by atoms with Crippen LogP contribution in [0.4, 0.5) is 0 Å². The average Bonchev–Trinajstić information content (AvgIpc) is 2.82. The molecule has 5 nitrogen and oxygen atoms in total. The van der Waals surface area contributed by atoms with E-state index < -0.39 is 5.54 Å². The van der Waals surface area contributed by atoms with Crippen molar-refractivity contribution in [1.29, 1.82) is 0 Å². The number of hydrogen-bond acceptors (Lipinski definition) is 3. The maximum absolute atomic E-state index is 12.6. The van der Waals surface area contributed by atoms with E-state index in [0.29, 0.717) is 11.8 Å². The molecule has 2 N–H and O–H groups in total. The van der Waals surface area contributed by atoms with Gasteiger partial charge in [0.15, 0.2) is 0 Å². The van der Waals surface area contributed by atoms with E-state index in [1.54, 1.807) is 0 Å². The Morgan fingerprint density at radius 1 is 1.32 bits per heavy atom. The third-order valence-corrected chi connectivity index (χ3v) is 5.18. The van der Waals surface area contributed by atoms with Crippen LogP contribution < -0.4 is 10.6 Å². The van der Waals surface area contributed by atoms with Crippen LogP contribution in [0.5, 0.6) is 0 Å². The van der Waals surface area contributed by atoms with Crippen molar-refractivity contribution in [2.75, 3.05) is 13.1 Å². The lowest BCUT2D eigenvalue weighted by Crippen LogP contribution is -2.43. The lowest BCUT2D eigenvalue weighted by molar-refractivity contribution is -0.124. The molecule has 2 aromatic rings. The zero-order valence-corrected chi connectivity index (χ0v) is 13.3. The number of fused-ring (bicyclic) bond motifs is 2. The van der Waals surface area contributed by atoms with Gasteiger partial charge in [-0.3, -0.25) is 9.48 Å². The van der Waals surface area contributed by atoms with E-state index in [4.69, 9.17) is 0 Å². The number of piperidine rings is 1. The van der Waals surface area contributed by atoms with Crippen LogP contribution >= 0.6 is 0 Å². The molecule has 1 aromatic heterocycles. The van der Waals surface area contributed by atoms with Crippen molar-refractivity contribution in [3.8, 4) is 0 Å². The van der Waals surface area contributed by atoms with E-state index in [0.717, 1.165) is 29.7 Å². The molecular formula is C17H22N4O. The number of nitrogens with zero attached hydrogens (tertiary/aromatic N) is 2. The van der Waals surface area contributed by atoms with Crippen LogP contribution in [0.25, 0.3) is 10.9 Å².